The van der Waals surface area contributed by atoms with Crippen LogP contribution in [0.2, 0.25) is 0 Å². The largest absolute Gasteiger partial charge is 0.748 e. The van der Waals surface area contributed by atoms with Crippen molar-refractivity contribution < 1.29 is 34.1 Å². The third-order valence-electron chi connectivity index (χ3n) is 3.51. The molecule has 0 atom stereocenters. The summed E-state index contributed by atoms with van der Waals surface area (Å²) in [4.78, 5) is 0. The van der Waals surface area contributed by atoms with Crippen LogP contribution in [0.1, 0.15) is 17.5 Å². The molecule has 0 aliphatic heterocycles. The van der Waals surface area contributed by atoms with Crippen molar-refractivity contribution in [2.24, 2.45) is 0 Å². The van der Waals surface area contributed by atoms with E-state index in [4.69, 9.17) is 0 Å². The Labute approximate surface area is 173 Å². The molecule has 0 saturated heterocycles. The van der Waals surface area contributed by atoms with E-state index in [1.165, 1.54) is 30.4 Å². The second-order valence-electron chi connectivity index (χ2n) is 5.36. The molecular formula is C23H24Fe2-8. The van der Waals surface area contributed by atoms with E-state index in [1.54, 1.807) is 0 Å². The minimum absolute atomic E-state index is 0. The van der Waals surface area contributed by atoms with Crippen LogP contribution in [0.25, 0.3) is 0 Å². The minimum atomic E-state index is 0. The fraction of sp³-hybridized carbons (Fsp3) is 0.130. The van der Waals surface area contributed by atoms with Crippen molar-refractivity contribution >= 4 is 0 Å². The Morgan fingerprint density at radius 1 is 0.520 bits per heavy atom. The Morgan fingerprint density at radius 3 is 1.16 bits per heavy atom. The second-order valence-corrected chi connectivity index (χ2v) is 5.36. The van der Waals surface area contributed by atoms with E-state index in [-0.39, 0.29) is 34.1 Å². The van der Waals surface area contributed by atoms with Gasteiger partial charge in [-0.3, -0.25) is 0 Å². The van der Waals surface area contributed by atoms with Gasteiger partial charge in [-0.2, -0.15) is 53.6 Å². The Balaban J connectivity index is 0.000000400. The first-order valence-electron chi connectivity index (χ1n) is 8.20. The zero-order valence-electron chi connectivity index (χ0n) is 14.2. The fourth-order valence-corrected chi connectivity index (χ4v) is 2.30. The van der Waals surface area contributed by atoms with Crippen LogP contribution in [0.3, 0.4) is 0 Å². The first-order valence-corrected chi connectivity index (χ1v) is 8.20. The Hall–Kier alpha value is -1.56. The molecule has 0 saturated carbocycles. The second kappa shape index (κ2) is 15.9. The van der Waals surface area contributed by atoms with Crippen molar-refractivity contribution in [1.29, 1.82) is 0 Å². The topological polar surface area (TPSA) is 0 Å². The predicted molar refractivity (Wildman–Crippen MR) is 100 cm³/mol. The molecule has 0 nitrogen and oxygen atoms in total. The van der Waals surface area contributed by atoms with E-state index < -0.39 is 0 Å². The van der Waals surface area contributed by atoms with Gasteiger partial charge in [0.15, 0.2) is 0 Å². The summed E-state index contributed by atoms with van der Waals surface area (Å²) in [6, 6.07) is 37.2. The molecule has 0 N–H and O–H groups in total. The van der Waals surface area contributed by atoms with Gasteiger partial charge in [-0.25, -0.2) is 36.4 Å². The molecule has 0 fully saturated rings. The van der Waals surface area contributed by atoms with Crippen molar-refractivity contribution in [1.82, 2.24) is 0 Å². The number of hydrogen-bond acceptors (Lipinski definition) is 0. The van der Waals surface area contributed by atoms with Crippen molar-refractivity contribution in [3.8, 4) is 0 Å². The molecule has 0 aromatic heterocycles. The average molecular weight is 412 g/mol. The summed E-state index contributed by atoms with van der Waals surface area (Å²) in [6.07, 6.45) is 3.67. The van der Waals surface area contributed by atoms with E-state index in [2.05, 4.69) is 48.5 Å². The smallest absolute Gasteiger partial charge is 0 e. The zero-order chi connectivity index (χ0) is 16.0. The molecule has 25 heavy (non-hydrogen) atoms. The summed E-state index contributed by atoms with van der Waals surface area (Å²) >= 11 is 0. The van der Waals surface area contributed by atoms with Crippen molar-refractivity contribution in [2.45, 2.75) is 19.3 Å². The van der Waals surface area contributed by atoms with Crippen LogP contribution in [0, 0.1) is 0 Å². The summed E-state index contributed by atoms with van der Waals surface area (Å²) in [7, 11) is 0. The first-order chi connectivity index (χ1) is 11.4. The van der Waals surface area contributed by atoms with Crippen LogP contribution >= 0.6 is 0 Å². The van der Waals surface area contributed by atoms with Crippen LogP contribution < -0.4 is 0 Å². The molecule has 0 amide bonds. The van der Waals surface area contributed by atoms with Crippen LogP contribution in [-0.2, 0) is 47.0 Å². The van der Waals surface area contributed by atoms with Crippen molar-refractivity contribution in [3.63, 3.8) is 0 Å². The van der Waals surface area contributed by atoms with Crippen LogP contribution in [0.5, 0.6) is 0 Å². The van der Waals surface area contributed by atoms with Crippen LogP contribution in [0.15, 0.2) is 109 Å². The Bertz CT molecular complexity index is 547. The molecule has 0 radical (unpaired) electrons. The molecule has 0 aliphatic rings. The number of rotatable bonds is 4. The third kappa shape index (κ3) is 11.6. The summed E-state index contributed by atoms with van der Waals surface area (Å²) in [5, 5.41) is 0. The summed E-state index contributed by atoms with van der Waals surface area (Å²) in [5.74, 6) is 0. The van der Waals surface area contributed by atoms with Gasteiger partial charge in [-0.05, 0) is 0 Å². The molecule has 0 unspecified atom stereocenters. The minimum Gasteiger partial charge on any atom is -0.748 e. The van der Waals surface area contributed by atoms with Gasteiger partial charge in [0.1, 0.15) is 0 Å². The van der Waals surface area contributed by atoms with Gasteiger partial charge in [0.05, 0.1) is 0 Å². The molecule has 4 aromatic carbocycles. The average Bonchev–Trinajstić information content (AvgIpc) is 3.39. The van der Waals surface area contributed by atoms with E-state index in [0.717, 1.165) is 0 Å². The number of aryl methyl sites for hydroxylation is 2. The zero-order valence-corrected chi connectivity index (χ0v) is 16.4. The quantitative estimate of drug-likeness (QED) is 0.281. The van der Waals surface area contributed by atoms with E-state index in [0.29, 0.717) is 0 Å². The van der Waals surface area contributed by atoms with Gasteiger partial charge in [0.2, 0.25) is 0 Å². The normalized spacial score (nSPS) is 8.64. The van der Waals surface area contributed by atoms with Gasteiger partial charge in [-0.15, -0.1) is 0 Å². The summed E-state index contributed by atoms with van der Waals surface area (Å²) in [6.45, 7) is 0. The molecule has 0 spiro atoms. The molecule has 140 valence electrons. The predicted octanol–water partition coefficient (Wildman–Crippen LogP) is 6.11. The monoisotopic (exact) mass is 412 g/mol. The van der Waals surface area contributed by atoms with Gasteiger partial charge < -0.3 is 30.3 Å². The van der Waals surface area contributed by atoms with Gasteiger partial charge in [0.25, 0.3) is 0 Å². The van der Waals surface area contributed by atoms with Crippen LogP contribution in [0.4, 0.5) is 0 Å². The maximum Gasteiger partial charge on any atom is 0 e. The Morgan fingerprint density at radius 2 is 0.880 bits per heavy atom. The molecular weight excluding hydrogens is 388 g/mol. The van der Waals surface area contributed by atoms with Crippen molar-refractivity contribution in [3.05, 3.63) is 120 Å². The molecule has 0 aliphatic carbocycles. The molecule has 4 rings (SSSR count). The van der Waals surface area contributed by atoms with Gasteiger partial charge in [0, 0.05) is 34.1 Å². The molecule has 2 heteroatoms. The first kappa shape index (κ1) is 23.4. The van der Waals surface area contributed by atoms with E-state index in [1.807, 2.05) is 60.7 Å². The summed E-state index contributed by atoms with van der Waals surface area (Å²) in [5.41, 5.74) is 2.93. The van der Waals surface area contributed by atoms with E-state index >= 15 is 0 Å². The third-order valence-corrected chi connectivity index (χ3v) is 3.51. The fourth-order valence-electron chi connectivity index (χ4n) is 2.30. The van der Waals surface area contributed by atoms with E-state index in [9.17, 15) is 0 Å². The Kier molecular flexibility index (Phi) is 14.9. The van der Waals surface area contributed by atoms with Gasteiger partial charge >= 0.3 is 0 Å². The molecule has 4 aromatic rings. The number of hydrogen-bond donors (Lipinski definition) is 0. The maximum atomic E-state index is 2.20. The van der Waals surface area contributed by atoms with Crippen LogP contribution in [-0.4, -0.2) is 0 Å². The molecule has 0 bridgehead atoms. The van der Waals surface area contributed by atoms with Crippen molar-refractivity contribution in [2.75, 3.05) is 0 Å². The standard InChI is InChI=1S/C13H14.2C5H5.2Fe/c1-2-7-12(6-1)10-5-11-13-8-3-4-9-13;2*1-2-4-5-3-1;;/h1-4,6-9H,5,10-11H2;2*1-5H;;/q-2;-5;-1;;. The molecule has 0 heterocycles. The summed E-state index contributed by atoms with van der Waals surface area (Å²) < 4.78 is 0. The maximum absolute atomic E-state index is 2.20. The SMILES string of the molecule is [Fe].[Fe].[cH-]1[cH-][cH-][cH-][cH-]1.c1cc[c-](CCC[c-]2cccc2)c1.c1cc[cH-]c1. The van der Waals surface area contributed by atoms with Gasteiger partial charge in [-0.1, -0.05) is 19.3 Å².